The Labute approximate surface area is 71.6 Å². The van der Waals surface area contributed by atoms with Crippen LogP contribution in [0.15, 0.2) is 30.3 Å². The first-order valence-electron chi connectivity index (χ1n) is 3.60. The summed E-state index contributed by atoms with van der Waals surface area (Å²) in [5.74, 6) is 0.554. The molecule has 2 heteroatoms. The number of aliphatic hydroxyl groups is 1. The second-order valence-corrected chi connectivity index (χ2v) is 2.75. The summed E-state index contributed by atoms with van der Waals surface area (Å²) in [6.45, 7) is 0.119. The van der Waals surface area contributed by atoms with Gasteiger partial charge >= 0.3 is 0 Å². The minimum atomic E-state index is 0.0814. The monoisotopic (exact) mass is 170 g/mol. The summed E-state index contributed by atoms with van der Waals surface area (Å²) in [5.41, 5.74) is 1.10. The zero-order valence-corrected chi connectivity index (χ0v) is 6.96. The summed E-state index contributed by atoms with van der Waals surface area (Å²) >= 11 is 5.64. The molecule has 1 nitrogen and oxygen atoms in total. The standard InChI is InChI=1S/C9H11ClO/c10-6-9(7-11)8-4-2-1-3-5-8/h1-5,9,11H,6-7H2/t9-/m1/s1. The molecule has 0 aliphatic heterocycles. The molecule has 60 valence electrons. The summed E-state index contributed by atoms with van der Waals surface area (Å²) in [7, 11) is 0. The van der Waals surface area contributed by atoms with Crippen LogP contribution in [-0.4, -0.2) is 17.6 Å². The molecule has 1 aromatic rings. The van der Waals surface area contributed by atoms with E-state index >= 15 is 0 Å². The van der Waals surface area contributed by atoms with Gasteiger partial charge in [-0.2, -0.15) is 0 Å². The fraction of sp³-hybridized carbons (Fsp3) is 0.333. The second-order valence-electron chi connectivity index (χ2n) is 2.44. The molecule has 11 heavy (non-hydrogen) atoms. The first-order valence-corrected chi connectivity index (χ1v) is 4.13. The van der Waals surface area contributed by atoms with E-state index < -0.39 is 0 Å². The normalized spacial score (nSPS) is 12.9. The number of rotatable bonds is 3. The van der Waals surface area contributed by atoms with Gasteiger partial charge in [0.1, 0.15) is 0 Å². The van der Waals surface area contributed by atoms with Crippen LogP contribution in [0.4, 0.5) is 0 Å². The van der Waals surface area contributed by atoms with Crippen molar-refractivity contribution in [1.29, 1.82) is 0 Å². The molecule has 0 amide bonds. The molecule has 0 spiro atoms. The van der Waals surface area contributed by atoms with Gasteiger partial charge in [0.05, 0.1) is 6.61 Å². The molecule has 0 aromatic heterocycles. The van der Waals surface area contributed by atoms with Crippen LogP contribution in [0.5, 0.6) is 0 Å². The van der Waals surface area contributed by atoms with Gasteiger partial charge in [-0.3, -0.25) is 0 Å². The third-order valence-corrected chi connectivity index (χ3v) is 2.05. The minimum Gasteiger partial charge on any atom is -0.396 e. The van der Waals surface area contributed by atoms with Gasteiger partial charge in [-0.05, 0) is 5.56 Å². The van der Waals surface area contributed by atoms with Gasteiger partial charge in [0, 0.05) is 11.8 Å². The van der Waals surface area contributed by atoms with Crippen molar-refractivity contribution in [3.63, 3.8) is 0 Å². The molecule has 0 radical (unpaired) electrons. The number of hydrogen-bond donors (Lipinski definition) is 1. The lowest BCUT2D eigenvalue weighted by molar-refractivity contribution is 0.274. The van der Waals surface area contributed by atoms with E-state index in [1.807, 2.05) is 30.3 Å². The van der Waals surface area contributed by atoms with Crippen molar-refractivity contribution >= 4 is 11.6 Å². The van der Waals surface area contributed by atoms with Gasteiger partial charge in [0.2, 0.25) is 0 Å². The zero-order chi connectivity index (χ0) is 8.10. The average Bonchev–Trinajstić information content (AvgIpc) is 2.09. The molecule has 0 fully saturated rings. The number of hydrogen-bond acceptors (Lipinski definition) is 1. The summed E-state index contributed by atoms with van der Waals surface area (Å²) in [4.78, 5) is 0. The number of aliphatic hydroxyl groups excluding tert-OH is 1. The van der Waals surface area contributed by atoms with E-state index in [9.17, 15) is 0 Å². The molecule has 1 rings (SSSR count). The molecule has 1 N–H and O–H groups in total. The average molecular weight is 171 g/mol. The lowest BCUT2D eigenvalue weighted by atomic mass is 10.0. The molecular formula is C9H11ClO. The van der Waals surface area contributed by atoms with Gasteiger partial charge in [-0.25, -0.2) is 0 Å². The van der Waals surface area contributed by atoms with Crippen LogP contribution in [0.2, 0.25) is 0 Å². The van der Waals surface area contributed by atoms with E-state index in [0.29, 0.717) is 5.88 Å². The quantitative estimate of drug-likeness (QED) is 0.689. The molecule has 1 aromatic carbocycles. The van der Waals surface area contributed by atoms with Crippen molar-refractivity contribution in [1.82, 2.24) is 0 Å². The van der Waals surface area contributed by atoms with Crippen LogP contribution in [0, 0.1) is 0 Å². The highest BCUT2D eigenvalue weighted by Crippen LogP contribution is 2.15. The lowest BCUT2D eigenvalue weighted by Gasteiger charge is -2.09. The molecule has 0 unspecified atom stereocenters. The number of alkyl halides is 1. The highest BCUT2D eigenvalue weighted by atomic mass is 35.5. The van der Waals surface area contributed by atoms with E-state index in [0.717, 1.165) is 5.56 Å². The maximum Gasteiger partial charge on any atom is 0.0511 e. The van der Waals surface area contributed by atoms with Gasteiger partial charge in [-0.15, -0.1) is 11.6 Å². The molecular weight excluding hydrogens is 160 g/mol. The highest BCUT2D eigenvalue weighted by molar-refractivity contribution is 6.18. The van der Waals surface area contributed by atoms with Gasteiger partial charge < -0.3 is 5.11 Å². The molecule has 0 aliphatic rings. The first kappa shape index (κ1) is 8.57. The first-order chi connectivity index (χ1) is 5.38. The van der Waals surface area contributed by atoms with Crippen LogP contribution in [0.1, 0.15) is 11.5 Å². The van der Waals surface area contributed by atoms with E-state index in [2.05, 4.69) is 0 Å². The van der Waals surface area contributed by atoms with E-state index in [1.165, 1.54) is 0 Å². The Morgan fingerprint density at radius 2 is 1.91 bits per heavy atom. The largest absolute Gasteiger partial charge is 0.396 e. The fourth-order valence-corrected chi connectivity index (χ4v) is 1.24. The zero-order valence-electron chi connectivity index (χ0n) is 6.20. The van der Waals surface area contributed by atoms with Crippen molar-refractivity contribution in [3.05, 3.63) is 35.9 Å². The molecule has 0 saturated carbocycles. The topological polar surface area (TPSA) is 20.2 Å². The van der Waals surface area contributed by atoms with Gasteiger partial charge in [-0.1, -0.05) is 30.3 Å². The minimum absolute atomic E-state index is 0.0814. The maximum atomic E-state index is 8.90. The Balaban J connectivity index is 2.74. The molecule has 1 atom stereocenters. The molecule has 0 heterocycles. The summed E-state index contributed by atoms with van der Waals surface area (Å²) in [6.07, 6.45) is 0. The van der Waals surface area contributed by atoms with Crippen molar-refractivity contribution in [2.45, 2.75) is 5.92 Å². The SMILES string of the molecule is OC[C@@H](CCl)c1ccccc1. The van der Waals surface area contributed by atoms with Crippen LogP contribution in [0.25, 0.3) is 0 Å². The van der Waals surface area contributed by atoms with Gasteiger partial charge in [0.25, 0.3) is 0 Å². The van der Waals surface area contributed by atoms with Crippen LogP contribution in [-0.2, 0) is 0 Å². The third kappa shape index (κ3) is 2.21. The van der Waals surface area contributed by atoms with Crippen molar-refractivity contribution in [2.75, 3.05) is 12.5 Å². The van der Waals surface area contributed by atoms with E-state index in [1.54, 1.807) is 0 Å². The maximum absolute atomic E-state index is 8.90. The van der Waals surface area contributed by atoms with E-state index in [-0.39, 0.29) is 12.5 Å². The smallest absolute Gasteiger partial charge is 0.0511 e. The highest BCUT2D eigenvalue weighted by Gasteiger charge is 2.06. The Morgan fingerprint density at radius 3 is 2.36 bits per heavy atom. The Morgan fingerprint density at radius 1 is 1.27 bits per heavy atom. The summed E-state index contributed by atoms with van der Waals surface area (Å²) in [6, 6.07) is 9.80. The molecule has 0 aliphatic carbocycles. The summed E-state index contributed by atoms with van der Waals surface area (Å²) in [5, 5.41) is 8.90. The third-order valence-electron chi connectivity index (χ3n) is 1.68. The van der Waals surface area contributed by atoms with Crippen LogP contribution in [0.3, 0.4) is 0 Å². The Kier molecular flexibility index (Phi) is 3.40. The predicted molar refractivity (Wildman–Crippen MR) is 47.0 cm³/mol. The number of benzene rings is 1. The van der Waals surface area contributed by atoms with Crippen molar-refractivity contribution < 1.29 is 5.11 Å². The molecule has 0 bridgehead atoms. The summed E-state index contributed by atoms with van der Waals surface area (Å²) < 4.78 is 0. The predicted octanol–water partition coefficient (Wildman–Crippen LogP) is 2.00. The Hall–Kier alpha value is -0.530. The molecule has 0 saturated heterocycles. The number of halogens is 1. The lowest BCUT2D eigenvalue weighted by Crippen LogP contribution is -2.04. The second kappa shape index (κ2) is 4.37. The fourth-order valence-electron chi connectivity index (χ4n) is 0.968. The Bertz CT molecular complexity index is 194. The van der Waals surface area contributed by atoms with Crippen LogP contribution >= 0.6 is 11.6 Å². The van der Waals surface area contributed by atoms with Crippen molar-refractivity contribution in [3.8, 4) is 0 Å². The van der Waals surface area contributed by atoms with Crippen molar-refractivity contribution in [2.24, 2.45) is 0 Å². The van der Waals surface area contributed by atoms with E-state index in [4.69, 9.17) is 16.7 Å². The van der Waals surface area contributed by atoms with Gasteiger partial charge in [0.15, 0.2) is 0 Å². The van der Waals surface area contributed by atoms with Crippen LogP contribution < -0.4 is 0 Å².